The largest absolute Gasteiger partial charge is 0.311 e. The molecular formula is C64H46N2Si. The number of para-hydroxylation sites is 2. The van der Waals surface area contributed by atoms with E-state index in [-0.39, 0.29) is 0 Å². The van der Waals surface area contributed by atoms with Crippen LogP contribution in [0.1, 0.15) is 0 Å². The van der Waals surface area contributed by atoms with Crippen molar-refractivity contribution in [3.63, 3.8) is 0 Å². The van der Waals surface area contributed by atoms with Crippen molar-refractivity contribution in [2.45, 2.75) is 0 Å². The molecule has 0 aliphatic rings. The lowest BCUT2D eigenvalue weighted by molar-refractivity contribution is 1.18. The van der Waals surface area contributed by atoms with Crippen LogP contribution in [0.4, 0.5) is 17.1 Å². The number of rotatable bonds is 10. The van der Waals surface area contributed by atoms with E-state index in [4.69, 9.17) is 0 Å². The Morgan fingerprint density at radius 2 is 0.791 bits per heavy atom. The molecule has 11 aromatic carbocycles. The quantitative estimate of drug-likeness (QED) is 0.0982. The molecule has 0 unspecified atom stereocenters. The monoisotopic (exact) mass is 870 g/mol. The van der Waals surface area contributed by atoms with Gasteiger partial charge in [-0.2, -0.15) is 0 Å². The Morgan fingerprint density at radius 3 is 1.43 bits per heavy atom. The molecule has 0 saturated heterocycles. The molecule has 0 amide bonds. The zero-order valence-corrected chi connectivity index (χ0v) is 38.0. The fourth-order valence-electron chi connectivity index (χ4n) is 10.5. The van der Waals surface area contributed by atoms with Crippen LogP contribution in [-0.4, -0.2) is 12.6 Å². The second-order valence-electron chi connectivity index (χ2n) is 17.3. The van der Waals surface area contributed by atoms with Crippen molar-refractivity contribution in [3.8, 4) is 27.9 Å². The molecule has 0 bridgehead atoms. The molecule has 0 aliphatic carbocycles. The smallest absolute Gasteiger partial charge is 0.179 e. The van der Waals surface area contributed by atoms with Crippen molar-refractivity contribution in [2.24, 2.45) is 0 Å². The second kappa shape index (κ2) is 17.1. The van der Waals surface area contributed by atoms with Crippen LogP contribution in [0.2, 0.25) is 0 Å². The predicted octanol–water partition coefficient (Wildman–Crippen LogP) is 14.1. The molecule has 12 aromatic rings. The van der Waals surface area contributed by atoms with Gasteiger partial charge in [-0.25, -0.2) is 0 Å². The molecule has 316 valence electrons. The van der Waals surface area contributed by atoms with Crippen LogP contribution in [-0.2, 0) is 0 Å². The van der Waals surface area contributed by atoms with E-state index in [1.807, 2.05) is 0 Å². The first-order valence-corrected chi connectivity index (χ1v) is 25.1. The van der Waals surface area contributed by atoms with Crippen molar-refractivity contribution in [1.29, 1.82) is 0 Å². The van der Waals surface area contributed by atoms with Crippen molar-refractivity contribution >= 4 is 78.5 Å². The summed E-state index contributed by atoms with van der Waals surface area (Å²) in [7, 11) is -2.81. The Hall–Kier alpha value is -8.50. The number of hydrogen-bond acceptors (Lipinski definition) is 1. The zero-order chi connectivity index (χ0) is 44.6. The summed E-state index contributed by atoms with van der Waals surface area (Å²) in [6.07, 6.45) is 0. The van der Waals surface area contributed by atoms with E-state index in [0.29, 0.717) is 0 Å². The third-order valence-corrected chi connectivity index (χ3v) is 18.3. The Balaban J connectivity index is 1.03. The van der Waals surface area contributed by atoms with Crippen LogP contribution in [0.3, 0.4) is 0 Å². The SMILES string of the molecule is c1ccc(-n2c3ccccc3c3c(-c4ccc(N(c5ccc(-c6ccc7ccccc7c6)cc5)c5cccc([Si](c6ccccc6)(c6ccccc6)c6ccccc6)c5)cc4)cccc32)cc1. The fourth-order valence-corrected chi connectivity index (χ4v) is 15.3. The minimum Gasteiger partial charge on any atom is -0.311 e. The van der Waals surface area contributed by atoms with Gasteiger partial charge in [0, 0.05) is 33.5 Å². The van der Waals surface area contributed by atoms with Crippen LogP contribution < -0.4 is 25.6 Å². The highest BCUT2D eigenvalue weighted by molar-refractivity contribution is 7.19. The first-order valence-electron chi connectivity index (χ1n) is 23.1. The molecule has 0 radical (unpaired) electrons. The van der Waals surface area contributed by atoms with Gasteiger partial charge in [0.05, 0.1) is 11.0 Å². The van der Waals surface area contributed by atoms with Crippen LogP contribution in [0.5, 0.6) is 0 Å². The van der Waals surface area contributed by atoms with E-state index < -0.39 is 8.07 Å². The van der Waals surface area contributed by atoms with Gasteiger partial charge in [-0.05, 0) is 121 Å². The summed E-state index contributed by atoms with van der Waals surface area (Å²) in [5.74, 6) is 0. The third kappa shape index (κ3) is 7.05. The van der Waals surface area contributed by atoms with E-state index in [2.05, 4.69) is 289 Å². The van der Waals surface area contributed by atoms with Gasteiger partial charge in [0.2, 0.25) is 0 Å². The Kier molecular flexibility index (Phi) is 10.2. The van der Waals surface area contributed by atoms with Crippen LogP contribution in [0, 0.1) is 0 Å². The molecule has 1 heterocycles. The highest BCUT2D eigenvalue weighted by Gasteiger charge is 2.41. The summed E-state index contributed by atoms with van der Waals surface area (Å²) in [6, 6.07) is 103. The van der Waals surface area contributed by atoms with Gasteiger partial charge < -0.3 is 9.47 Å². The summed E-state index contributed by atoms with van der Waals surface area (Å²) in [5.41, 5.74) is 11.6. The molecule has 0 saturated carbocycles. The average Bonchev–Trinajstić information content (AvgIpc) is 3.75. The minimum atomic E-state index is -2.81. The lowest BCUT2D eigenvalue weighted by Gasteiger charge is -2.35. The lowest BCUT2D eigenvalue weighted by atomic mass is 9.99. The van der Waals surface area contributed by atoms with Crippen molar-refractivity contribution < 1.29 is 0 Å². The van der Waals surface area contributed by atoms with Gasteiger partial charge in [-0.1, -0.05) is 212 Å². The van der Waals surface area contributed by atoms with Gasteiger partial charge in [-0.15, -0.1) is 0 Å². The normalized spacial score (nSPS) is 11.6. The Bertz CT molecular complexity index is 3560. The maximum atomic E-state index is 2.46. The first-order chi connectivity index (χ1) is 33.2. The van der Waals surface area contributed by atoms with Gasteiger partial charge in [0.1, 0.15) is 0 Å². The number of aromatic nitrogens is 1. The molecular weight excluding hydrogens is 825 g/mol. The number of hydrogen-bond donors (Lipinski definition) is 0. The van der Waals surface area contributed by atoms with E-state index in [0.717, 1.165) is 22.7 Å². The second-order valence-corrected chi connectivity index (χ2v) is 21.1. The van der Waals surface area contributed by atoms with Gasteiger partial charge >= 0.3 is 0 Å². The van der Waals surface area contributed by atoms with Gasteiger partial charge in [-0.3, -0.25) is 0 Å². The van der Waals surface area contributed by atoms with E-state index in [1.54, 1.807) is 0 Å². The van der Waals surface area contributed by atoms with Crippen molar-refractivity contribution in [2.75, 3.05) is 4.90 Å². The molecule has 1 aromatic heterocycles. The average molecular weight is 871 g/mol. The summed E-state index contributed by atoms with van der Waals surface area (Å²) < 4.78 is 2.39. The molecule has 12 rings (SSSR count). The van der Waals surface area contributed by atoms with Gasteiger partial charge in [0.25, 0.3) is 0 Å². The van der Waals surface area contributed by atoms with Crippen LogP contribution in [0.15, 0.2) is 279 Å². The summed E-state index contributed by atoms with van der Waals surface area (Å²) in [5, 5.41) is 10.4. The van der Waals surface area contributed by atoms with E-state index >= 15 is 0 Å². The fraction of sp³-hybridized carbons (Fsp3) is 0. The van der Waals surface area contributed by atoms with E-state index in [1.165, 1.54) is 75.6 Å². The summed E-state index contributed by atoms with van der Waals surface area (Å²) >= 11 is 0. The topological polar surface area (TPSA) is 8.17 Å². The molecule has 2 nitrogen and oxygen atoms in total. The number of nitrogens with zero attached hydrogens (tertiary/aromatic N) is 2. The Morgan fingerprint density at radius 1 is 0.299 bits per heavy atom. The van der Waals surface area contributed by atoms with Crippen molar-refractivity contribution in [3.05, 3.63) is 279 Å². The number of benzene rings is 11. The van der Waals surface area contributed by atoms with Crippen LogP contribution in [0.25, 0.3) is 60.5 Å². The highest BCUT2D eigenvalue weighted by Crippen LogP contribution is 2.41. The zero-order valence-electron chi connectivity index (χ0n) is 37.0. The van der Waals surface area contributed by atoms with Gasteiger partial charge in [0.15, 0.2) is 8.07 Å². The molecule has 0 spiro atoms. The number of anilines is 3. The minimum absolute atomic E-state index is 1.09. The standard InChI is InChI=1S/C64H46N2Si/c1-5-21-52(22-6-1)66-62-33-16-15-31-61(62)64-60(32-18-34-63(64)66)49-39-43-54(44-40-49)65(53-41-37-48(38-42-53)51-36-35-47-19-13-14-20-50(47)45-51)55-23-17-30-59(46-55)67(56-24-7-2-8-25-56,57-26-9-3-10-27-57)58-28-11-4-12-29-58/h1-46H. The van der Waals surface area contributed by atoms with Crippen LogP contribution >= 0.6 is 0 Å². The highest BCUT2D eigenvalue weighted by atomic mass is 28.3. The molecule has 0 N–H and O–H groups in total. The summed E-state index contributed by atoms with van der Waals surface area (Å²) in [6.45, 7) is 0. The van der Waals surface area contributed by atoms with Crippen molar-refractivity contribution in [1.82, 2.24) is 4.57 Å². The molecule has 0 fully saturated rings. The molecule has 0 aliphatic heterocycles. The predicted molar refractivity (Wildman–Crippen MR) is 287 cm³/mol. The molecule has 0 atom stereocenters. The maximum absolute atomic E-state index is 2.81. The Labute approximate surface area is 392 Å². The molecule has 67 heavy (non-hydrogen) atoms. The molecule has 3 heteroatoms. The third-order valence-electron chi connectivity index (χ3n) is 13.5. The summed E-state index contributed by atoms with van der Waals surface area (Å²) in [4.78, 5) is 2.43. The maximum Gasteiger partial charge on any atom is 0.179 e. The lowest BCUT2D eigenvalue weighted by Crippen LogP contribution is -2.74. The first kappa shape index (κ1) is 40.0. The van der Waals surface area contributed by atoms with E-state index in [9.17, 15) is 0 Å². The number of fused-ring (bicyclic) bond motifs is 4.